The van der Waals surface area contributed by atoms with Crippen LogP contribution in [0.4, 0.5) is 0 Å². The Labute approximate surface area is 139 Å². The Bertz CT molecular complexity index is 997. The molecule has 0 amide bonds. The molecule has 0 saturated carbocycles. The van der Waals surface area contributed by atoms with Crippen LogP contribution >= 0.6 is 0 Å². The van der Waals surface area contributed by atoms with Gasteiger partial charge in [-0.2, -0.15) is 20.1 Å². The Morgan fingerprint density at radius 2 is 1.79 bits per heavy atom. The van der Waals surface area contributed by atoms with Crippen LogP contribution in [0.1, 0.15) is 43.7 Å². The van der Waals surface area contributed by atoms with Gasteiger partial charge in [0.15, 0.2) is 0 Å². The molecule has 24 heavy (non-hydrogen) atoms. The molecule has 6 heteroatoms. The largest absolute Gasteiger partial charge is 0.276 e. The highest BCUT2D eigenvalue weighted by Gasteiger charge is 2.12. The van der Waals surface area contributed by atoms with E-state index in [1.165, 1.54) is 5.56 Å². The average Bonchev–Trinajstić information content (AvgIpc) is 3.18. The van der Waals surface area contributed by atoms with E-state index in [1.54, 1.807) is 11.0 Å². The van der Waals surface area contributed by atoms with Gasteiger partial charge in [0.2, 0.25) is 0 Å². The number of aromatic nitrogens is 6. The molecule has 1 aromatic carbocycles. The van der Waals surface area contributed by atoms with Gasteiger partial charge in [0.1, 0.15) is 16.6 Å². The molecule has 0 aliphatic rings. The van der Waals surface area contributed by atoms with E-state index in [9.17, 15) is 0 Å². The van der Waals surface area contributed by atoms with Crippen molar-refractivity contribution in [3.05, 3.63) is 47.8 Å². The highest BCUT2D eigenvalue weighted by Crippen LogP contribution is 2.22. The molecule has 0 aliphatic carbocycles. The fourth-order valence-electron chi connectivity index (χ4n) is 2.88. The lowest BCUT2D eigenvalue weighted by Crippen LogP contribution is -2.09. The summed E-state index contributed by atoms with van der Waals surface area (Å²) in [7, 11) is 0. The van der Waals surface area contributed by atoms with Gasteiger partial charge in [-0.05, 0) is 35.2 Å². The van der Waals surface area contributed by atoms with E-state index in [4.69, 9.17) is 0 Å². The second kappa shape index (κ2) is 5.70. The van der Waals surface area contributed by atoms with E-state index in [0.29, 0.717) is 12.5 Å². The summed E-state index contributed by atoms with van der Waals surface area (Å²) >= 11 is 0. The predicted octanol–water partition coefficient (Wildman–Crippen LogP) is 3.63. The third kappa shape index (κ3) is 2.64. The lowest BCUT2D eigenvalue weighted by molar-refractivity contribution is 0.490. The van der Waals surface area contributed by atoms with Crippen molar-refractivity contribution in [2.24, 2.45) is 0 Å². The number of fused-ring (bicyclic) bond motifs is 2. The molecular formula is C18H20N6. The highest BCUT2D eigenvalue weighted by atomic mass is 15.5. The van der Waals surface area contributed by atoms with Gasteiger partial charge >= 0.3 is 0 Å². The molecule has 122 valence electrons. The normalized spacial score (nSPS) is 13.2. The lowest BCUT2D eigenvalue weighted by Gasteiger charge is -2.10. The van der Waals surface area contributed by atoms with Gasteiger partial charge in [0.05, 0.1) is 18.3 Å². The number of H-pyrrole nitrogens is 1. The summed E-state index contributed by atoms with van der Waals surface area (Å²) in [6, 6.07) is 8.41. The van der Waals surface area contributed by atoms with Gasteiger partial charge in [-0.3, -0.25) is 10.1 Å². The molecule has 3 heterocycles. The molecule has 0 fully saturated rings. The minimum atomic E-state index is 0.261. The van der Waals surface area contributed by atoms with Gasteiger partial charge in [-0.1, -0.05) is 26.8 Å². The van der Waals surface area contributed by atoms with E-state index in [0.717, 1.165) is 27.6 Å². The zero-order valence-electron chi connectivity index (χ0n) is 14.1. The van der Waals surface area contributed by atoms with Crippen LogP contribution in [0.3, 0.4) is 0 Å². The Hall–Kier alpha value is -2.76. The van der Waals surface area contributed by atoms with Crippen molar-refractivity contribution in [2.45, 2.75) is 39.2 Å². The van der Waals surface area contributed by atoms with Crippen molar-refractivity contribution in [1.29, 1.82) is 0 Å². The molecule has 0 saturated heterocycles. The standard InChI is InChI=1S/C18H20N6/c1-11(2)13-4-5-15-17(6-13)23-24(22-15)10-12(3)14-7-16-18(19-8-14)9-20-21-16/h4-9,11-12H,10H2,1-3H3,(H,20,21). The number of hydrogen-bond acceptors (Lipinski definition) is 4. The Kier molecular flexibility index (Phi) is 3.52. The maximum Gasteiger partial charge on any atom is 0.113 e. The summed E-state index contributed by atoms with van der Waals surface area (Å²) in [5, 5.41) is 16.2. The summed E-state index contributed by atoms with van der Waals surface area (Å²) in [4.78, 5) is 6.22. The minimum absolute atomic E-state index is 0.261. The molecule has 4 rings (SSSR count). The number of pyridine rings is 1. The minimum Gasteiger partial charge on any atom is -0.276 e. The number of nitrogens with one attached hydrogen (secondary N) is 1. The average molecular weight is 320 g/mol. The van der Waals surface area contributed by atoms with Crippen LogP contribution in [0.25, 0.3) is 22.1 Å². The maximum absolute atomic E-state index is 4.64. The van der Waals surface area contributed by atoms with Crippen LogP contribution in [0.2, 0.25) is 0 Å². The summed E-state index contributed by atoms with van der Waals surface area (Å²) in [5.74, 6) is 0.752. The molecule has 1 unspecified atom stereocenters. The number of hydrogen-bond donors (Lipinski definition) is 1. The molecule has 0 bridgehead atoms. The van der Waals surface area contributed by atoms with Crippen molar-refractivity contribution in [1.82, 2.24) is 30.2 Å². The van der Waals surface area contributed by atoms with Gasteiger partial charge in [-0.25, -0.2) is 0 Å². The smallest absolute Gasteiger partial charge is 0.113 e. The van der Waals surface area contributed by atoms with Gasteiger partial charge in [0, 0.05) is 12.1 Å². The van der Waals surface area contributed by atoms with Crippen molar-refractivity contribution in [3.8, 4) is 0 Å². The first-order chi connectivity index (χ1) is 11.6. The lowest BCUT2D eigenvalue weighted by atomic mass is 10.0. The maximum atomic E-state index is 4.64. The van der Waals surface area contributed by atoms with E-state index in [1.807, 2.05) is 6.20 Å². The topological polar surface area (TPSA) is 72.3 Å². The number of nitrogens with zero attached hydrogens (tertiary/aromatic N) is 5. The van der Waals surface area contributed by atoms with Crippen LogP contribution in [-0.2, 0) is 6.54 Å². The third-order valence-corrected chi connectivity index (χ3v) is 4.43. The number of aromatic amines is 1. The summed E-state index contributed by atoms with van der Waals surface area (Å²) in [6.07, 6.45) is 3.64. The first kappa shape index (κ1) is 14.8. The molecule has 1 N–H and O–H groups in total. The summed E-state index contributed by atoms with van der Waals surface area (Å²) < 4.78 is 0. The first-order valence-electron chi connectivity index (χ1n) is 8.24. The molecule has 0 spiro atoms. The van der Waals surface area contributed by atoms with Crippen LogP contribution in [0.15, 0.2) is 36.7 Å². The Morgan fingerprint density at radius 3 is 2.62 bits per heavy atom. The SMILES string of the molecule is CC(C)c1ccc2nn(CC(C)c3cnc4cn[nH]c4c3)nc2c1. The van der Waals surface area contributed by atoms with E-state index < -0.39 is 0 Å². The molecular weight excluding hydrogens is 300 g/mol. The van der Waals surface area contributed by atoms with Crippen molar-refractivity contribution < 1.29 is 0 Å². The monoisotopic (exact) mass is 320 g/mol. The third-order valence-electron chi connectivity index (χ3n) is 4.43. The van der Waals surface area contributed by atoms with Crippen LogP contribution in [0, 0.1) is 0 Å². The zero-order valence-corrected chi connectivity index (χ0v) is 14.1. The van der Waals surface area contributed by atoms with Gasteiger partial charge in [-0.15, -0.1) is 0 Å². The van der Waals surface area contributed by atoms with E-state index >= 15 is 0 Å². The molecule has 4 aromatic rings. The molecule has 3 aromatic heterocycles. The van der Waals surface area contributed by atoms with Crippen LogP contribution in [-0.4, -0.2) is 30.2 Å². The predicted molar refractivity (Wildman–Crippen MR) is 93.9 cm³/mol. The summed E-state index contributed by atoms with van der Waals surface area (Å²) in [5.41, 5.74) is 6.17. The second-order valence-corrected chi connectivity index (χ2v) is 6.63. The second-order valence-electron chi connectivity index (χ2n) is 6.63. The molecule has 6 nitrogen and oxygen atoms in total. The van der Waals surface area contributed by atoms with Crippen molar-refractivity contribution in [2.75, 3.05) is 0 Å². The van der Waals surface area contributed by atoms with Crippen LogP contribution in [0.5, 0.6) is 0 Å². The Balaban J connectivity index is 1.60. The Morgan fingerprint density at radius 1 is 0.958 bits per heavy atom. The van der Waals surface area contributed by atoms with E-state index in [-0.39, 0.29) is 5.92 Å². The molecule has 0 aliphatic heterocycles. The number of benzene rings is 1. The first-order valence-corrected chi connectivity index (χ1v) is 8.24. The fourth-order valence-corrected chi connectivity index (χ4v) is 2.88. The quantitative estimate of drug-likeness (QED) is 0.623. The summed E-state index contributed by atoms with van der Waals surface area (Å²) in [6.45, 7) is 7.25. The van der Waals surface area contributed by atoms with Crippen molar-refractivity contribution >= 4 is 22.1 Å². The van der Waals surface area contributed by atoms with Crippen molar-refractivity contribution in [3.63, 3.8) is 0 Å². The van der Waals surface area contributed by atoms with Crippen LogP contribution < -0.4 is 0 Å². The fraction of sp³-hybridized carbons (Fsp3) is 0.333. The molecule has 0 radical (unpaired) electrons. The van der Waals surface area contributed by atoms with Gasteiger partial charge in [0.25, 0.3) is 0 Å². The zero-order chi connectivity index (χ0) is 16.7. The highest BCUT2D eigenvalue weighted by molar-refractivity contribution is 5.74. The molecule has 1 atom stereocenters. The number of rotatable bonds is 4. The van der Waals surface area contributed by atoms with E-state index in [2.05, 4.69) is 70.4 Å². The van der Waals surface area contributed by atoms with Gasteiger partial charge < -0.3 is 0 Å².